The Balaban J connectivity index is 1.73. The maximum absolute atomic E-state index is 14.8. The molecule has 7 nitrogen and oxygen atoms in total. The first kappa shape index (κ1) is 25.5. The van der Waals surface area contributed by atoms with Gasteiger partial charge in [-0.2, -0.15) is 0 Å². The van der Waals surface area contributed by atoms with Gasteiger partial charge in [-0.15, -0.1) is 0 Å². The quantitative estimate of drug-likeness (QED) is 0.250. The average Bonchev–Trinajstić information content (AvgIpc) is 2.75. The lowest BCUT2D eigenvalue weighted by molar-refractivity contribution is 0.554. The summed E-state index contributed by atoms with van der Waals surface area (Å²) >= 11 is 9.14. The highest BCUT2D eigenvalue weighted by Crippen LogP contribution is 2.27. The number of benzene rings is 1. The summed E-state index contributed by atoms with van der Waals surface area (Å²) in [6.45, 7) is 6.28. The van der Waals surface area contributed by atoms with E-state index in [1.54, 1.807) is 6.07 Å². The second kappa shape index (κ2) is 11.3. The molecule has 3 N–H and O–H groups in total. The van der Waals surface area contributed by atoms with Crippen LogP contribution in [0.1, 0.15) is 19.4 Å². The fraction of sp³-hybridized carbons (Fsp3) is 0.273. The molecule has 0 radical (unpaired) electrons. The highest BCUT2D eigenvalue weighted by Gasteiger charge is 2.20. The molecule has 0 aliphatic carbocycles. The van der Waals surface area contributed by atoms with E-state index in [9.17, 15) is 12.8 Å². The first-order chi connectivity index (χ1) is 15.7. The minimum atomic E-state index is -4.01. The van der Waals surface area contributed by atoms with Crippen molar-refractivity contribution in [2.24, 2.45) is 0 Å². The van der Waals surface area contributed by atoms with Crippen LogP contribution < -0.4 is 15.4 Å². The Labute approximate surface area is 206 Å². The molecule has 3 rings (SSSR count). The number of hydrogen-bond acceptors (Lipinski definition) is 6. The van der Waals surface area contributed by atoms with Crippen LogP contribution in [0.25, 0.3) is 11.3 Å². The molecular weight excluding hydrogens is 533 g/mol. The highest BCUT2D eigenvalue weighted by molar-refractivity contribution is 9.10. The first-order valence-electron chi connectivity index (χ1n) is 10.2. The van der Waals surface area contributed by atoms with Crippen LogP contribution in [0.2, 0.25) is 5.15 Å². The Morgan fingerprint density at radius 2 is 1.91 bits per heavy atom. The third-order valence-corrected chi connectivity index (χ3v) is 6.81. The molecule has 2 aromatic heterocycles. The number of nitrogens with zero attached hydrogens (tertiary/aromatic N) is 2. The largest absolute Gasteiger partial charge is 0.313 e. The Kier molecular flexibility index (Phi) is 8.77. The molecular formula is C22H24BrClFN5O2S. The Hall–Kier alpha value is -2.11. The van der Waals surface area contributed by atoms with Crippen LogP contribution in [0, 0.1) is 5.82 Å². The predicted octanol–water partition coefficient (Wildman–Crippen LogP) is 4.59. The van der Waals surface area contributed by atoms with Gasteiger partial charge in [-0.1, -0.05) is 31.5 Å². The molecule has 1 aromatic carbocycles. The zero-order valence-electron chi connectivity index (χ0n) is 18.1. The van der Waals surface area contributed by atoms with Gasteiger partial charge in [0.1, 0.15) is 15.9 Å². The van der Waals surface area contributed by atoms with E-state index >= 15 is 0 Å². The van der Waals surface area contributed by atoms with Gasteiger partial charge >= 0.3 is 0 Å². The summed E-state index contributed by atoms with van der Waals surface area (Å²) in [7, 11) is -4.01. The summed E-state index contributed by atoms with van der Waals surface area (Å²) in [5.41, 5.74) is 1.59. The van der Waals surface area contributed by atoms with Crippen molar-refractivity contribution in [3.63, 3.8) is 0 Å². The van der Waals surface area contributed by atoms with Crippen molar-refractivity contribution in [3.8, 4) is 11.3 Å². The number of anilines is 1. The zero-order valence-corrected chi connectivity index (χ0v) is 21.2. The third kappa shape index (κ3) is 7.18. The topological polar surface area (TPSA) is 96.0 Å². The molecule has 0 unspecified atom stereocenters. The lowest BCUT2D eigenvalue weighted by Crippen LogP contribution is -2.31. The number of nitrogens with one attached hydrogen (secondary N) is 3. The summed E-state index contributed by atoms with van der Waals surface area (Å²) in [6, 6.07) is 9.60. The molecule has 0 bridgehead atoms. The van der Waals surface area contributed by atoms with Crippen molar-refractivity contribution < 1.29 is 12.8 Å². The minimum absolute atomic E-state index is 0.157. The lowest BCUT2D eigenvalue weighted by Gasteiger charge is -2.12. The summed E-state index contributed by atoms with van der Waals surface area (Å²) in [4.78, 5) is 7.86. The number of pyridine rings is 2. The third-order valence-electron chi connectivity index (χ3n) is 4.57. The van der Waals surface area contributed by atoms with E-state index in [0.717, 1.165) is 18.7 Å². The number of halogens is 3. The second-order valence-electron chi connectivity index (χ2n) is 7.58. The number of aromatic nitrogens is 2. The van der Waals surface area contributed by atoms with Crippen molar-refractivity contribution in [2.75, 3.05) is 17.8 Å². The summed E-state index contributed by atoms with van der Waals surface area (Å²) in [6.07, 6.45) is 2.81. The fourth-order valence-electron chi connectivity index (χ4n) is 3.00. The maximum Gasteiger partial charge on any atom is 0.265 e. The van der Waals surface area contributed by atoms with Gasteiger partial charge in [0.2, 0.25) is 0 Å². The summed E-state index contributed by atoms with van der Waals surface area (Å²) in [5, 5.41) is 6.41. The second-order valence-corrected chi connectivity index (χ2v) is 10.5. The van der Waals surface area contributed by atoms with Gasteiger partial charge in [0.05, 0.1) is 11.4 Å². The van der Waals surface area contributed by atoms with Gasteiger partial charge in [0.25, 0.3) is 10.0 Å². The first-order valence-corrected chi connectivity index (χ1v) is 12.8. The molecule has 0 saturated carbocycles. The van der Waals surface area contributed by atoms with Crippen LogP contribution in [-0.2, 0) is 16.6 Å². The van der Waals surface area contributed by atoms with Gasteiger partial charge in [-0.25, -0.2) is 17.8 Å². The molecule has 0 fully saturated rings. The van der Waals surface area contributed by atoms with Crippen LogP contribution >= 0.6 is 27.5 Å². The predicted molar refractivity (Wildman–Crippen MR) is 132 cm³/mol. The SMILES string of the molecule is CC(C)NCCNCc1ccc(-c2cc(NS(=O)(=O)c3cc(Br)cnc3Cl)ccn2)c(F)c1. The van der Waals surface area contributed by atoms with Gasteiger partial charge in [-0.3, -0.25) is 9.71 Å². The van der Waals surface area contributed by atoms with Gasteiger partial charge in [-0.05, 0) is 51.8 Å². The zero-order chi connectivity index (χ0) is 24.0. The molecule has 0 spiro atoms. The van der Waals surface area contributed by atoms with E-state index in [1.165, 1.54) is 36.7 Å². The van der Waals surface area contributed by atoms with Crippen LogP contribution in [-0.4, -0.2) is 37.5 Å². The van der Waals surface area contributed by atoms with E-state index in [4.69, 9.17) is 11.6 Å². The van der Waals surface area contributed by atoms with Crippen molar-refractivity contribution in [2.45, 2.75) is 31.3 Å². The number of rotatable bonds is 10. The molecule has 0 aliphatic heterocycles. The standard InChI is InChI=1S/C22H24BrClFN5O2S/c1-14(2)27-8-7-26-12-15-3-4-18(19(25)9-15)20-11-17(5-6-28-20)30-33(31,32)21-10-16(23)13-29-22(21)24/h3-6,9-11,13-14,26-27H,7-8,12H2,1-2H3,(H,28,30). The van der Waals surface area contributed by atoms with E-state index < -0.39 is 15.8 Å². The monoisotopic (exact) mass is 555 g/mol. The Bertz CT molecular complexity index is 1230. The molecule has 0 saturated heterocycles. The van der Waals surface area contributed by atoms with Crippen molar-refractivity contribution in [3.05, 3.63) is 69.8 Å². The molecule has 33 heavy (non-hydrogen) atoms. The van der Waals surface area contributed by atoms with Crippen LogP contribution in [0.4, 0.5) is 10.1 Å². The van der Waals surface area contributed by atoms with Crippen molar-refractivity contribution in [1.82, 2.24) is 20.6 Å². The smallest absolute Gasteiger partial charge is 0.265 e. The van der Waals surface area contributed by atoms with Gasteiger partial charge in [0.15, 0.2) is 0 Å². The van der Waals surface area contributed by atoms with Crippen molar-refractivity contribution >= 4 is 43.2 Å². The van der Waals surface area contributed by atoms with Crippen LogP contribution in [0.5, 0.6) is 0 Å². The molecule has 2 heterocycles. The molecule has 176 valence electrons. The van der Waals surface area contributed by atoms with E-state index in [1.807, 2.05) is 6.07 Å². The van der Waals surface area contributed by atoms with Gasteiger partial charge < -0.3 is 10.6 Å². The lowest BCUT2D eigenvalue weighted by atomic mass is 10.1. The minimum Gasteiger partial charge on any atom is -0.313 e. The van der Waals surface area contributed by atoms with E-state index in [-0.39, 0.29) is 21.3 Å². The molecule has 0 amide bonds. The highest BCUT2D eigenvalue weighted by atomic mass is 79.9. The van der Waals surface area contributed by atoms with Crippen molar-refractivity contribution in [1.29, 1.82) is 0 Å². The fourth-order valence-corrected chi connectivity index (χ4v) is 5.00. The van der Waals surface area contributed by atoms with Crippen LogP contribution in [0.15, 0.2) is 58.2 Å². The van der Waals surface area contributed by atoms with E-state index in [2.05, 4.69) is 55.1 Å². The normalized spacial score (nSPS) is 11.7. The maximum atomic E-state index is 14.8. The molecule has 3 aromatic rings. The molecule has 0 atom stereocenters. The summed E-state index contributed by atoms with van der Waals surface area (Å²) < 4.78 is 43.2. The Morgan fingerprint density at radius 1 is 1.12 bits per heavy atom. The summed E-state index contributed by atoms with van der Waals surface area (Å²) in [5.74, 6) is -0.443. The van der Waals surface area contributed by atoms with E-state index in [0.29, 0.717) is 22.8 Å². The molecule has 0 aliphatic rings. The van der Waals surface area contributed by atoms with Crippen LogP contribution in [0.3, 0.4) is 0 Å². The Morgan fingerprint density at radius 3 is 2.64 bits per heavy atom. The average molecular weight is 557 g/mol. The number of hydrogen-bond donors (Lipinski definition) is 3. The molecule has 11 heteroatoms. The van der Waals surface area contributed by atoms with Gasteiger partial charge in [0, 0.05) is 48.1 Å². The number of sulfonamides is 1.